The van der Waals surface area contributed by atoms with Crippen LogP contribution in [0.4, 0.5) is 10.1 Å². The summed E-state index contributed by atoms with van der Waals surface area (Å²) in [7, 11) is 0. The van der Waals surface area contributed by atoms with E-state index in [1.807, 2.05) is 0 Å². The molecule has 0 bridgehead atoms. The van der Waals surface area contributed by atoms with Gasteiger partial charge >= 0.3 is 0 Å². The number of H-pyrrole nitrogens is 1. The molecule has 0 radical (unpaired) electrons. The van der Waals surface area contributed by atoms with E-state index < -0.39 is 0 Å². The van der Waals surface area contributed by atoms with E-state index in [2.05, 4.69) is 10.3 Å². The Hall–Kier alpha value is -2.59. The smallest absolute Gasteiger partial charge is 0.256 e. The Morgan fingerprint density at radius 2 is 2.00 bits per heavy atom. The fraction of sp³-hybridized carbons (Fsp3) is 0. The molecule has 3 aromatic rings. The molecule has 0 spiro atoms. The Morgan fingerprint density at radius 3 is 2.86 bits per heavy atom. The zero-order valence-corrected chi connectivity index (χ0v) is 12.0. The standard InChI is InChI=1S/C17H10ClFN2O/c18-10-1-3-12-14(17(22)21-16(12)6-10)5-9-8-20-15-4-2-11(19)7-13(9)15/h1-8,20H,(H,21,22)/b14-5+. The van der Waals surface area contributed by atoms with Crippen molar-refractivity contribution in [2.24, 2.45) is 0 Å². The van der Waals surface area contributed by atoms with Crippen molar-refractivity contribution in [1.29, 1.82) is 0 Å². The zero-order chi connectivity index (χ0) is 15.3. The van der Waals surface area contributed by atoms with Crippen LogP contribution >= 0.6 is 11.6 Å². The second-order valence-electron chi connectivity index (χ2n) is 5.14. The van der Waals surface area contributed by atoms with Gasteiger partial charge in [0.2, 0.25) is 0 Å². The fourth-order valence-corrected chi connectivity index (χ4v) is 2.87. The molecular formula is C17H10ClFN2O. The highest BCUT2D eigenvalue weighted by Crippen LogP contribution is 2.35. The summed E-state index contributed by atoms with van der Waals surface area (Å²) in [6.07, 6.45) is 3.52. The van der Waals surface area contributed by atoms with E-state index >= 15 is 0 Å². The molecule has 1 aromatic heterocycles. The summed E-state index contributed by atoms with van der Waals surface area (Å²) in [6.45, 7) is 0. The van der Waals surface area contributed by atoms with Gasteiger partial charge in [0.1, 0.15) is 5.82 Å². The second-order valence-corrected chi connectivity index (χ2v) is 5.57. The number of aromatic amines is 1. The second kappa shape index (κ2) is 4.71. The number of amides is 1. The first-order chi connectivity index (χ1) is 10.6. The number of carbonyl (C=O) groups is 1. The highest BCUT2D eigenvalue weighted by Gasteiger charge is 2.24. The number of halogens is 2. The van der Waals surface area contributed by atoms with Gasteiger partial charge in [-0.2, -0.15) is 0 Å². The van der Waals surface area contributed by atoms with Gasteiger partial charge in [0.05, 0.1) is 5.69 Å². The van der Waals surface area contributed by atoms with Crippen LogP contribution in [0.1, 0.15) is 11.1 Å². The van der Waals surface area contributed by atoms with Crippen LogP contribution in [0.15, 0.2) is 42.6 Å². The van der Waals surface area contributed by atoms with Gasteiger partial charge in [0.25, 0.3) is 5.91 Å². The zero-order valence-electron chi connectivity index (χ0n) is 11.3. The Morgan fingerprint density at radius 1 is 1.14 bits per heavy atom. The number of hydrogen-bond acceptors (Lipinski definition) is 1. The van der Waals surface area contributed by atoms with E-state index in [0.29, 0.717) is 16.3 Å². The first-order valence-electron chi connectivity index (χ1n) is 6.71. The van der Waals surface area contributed by atoms with Crippen LogP contribution in [0.2, 0.25) is 5.02 Å². The van der Waals surface area contributed by atoms with Crippen LogP contribution in [-0.2, 0) is 4.79 Å². The molecule has 1 aliphatic heterocycles. The largest absolute Gasteiger partial charge is 0.361 e. The SMILES string of the molecule is O=C1Nc2cc(Cl)ccc2/C1=C\c1c[nH]c2ccc(F)cc12. The minimum absolute atomic E-state index is 0.192. The maximum absolute atomic E-state index is 13.4. The lowest BCUT2D eigenvalue weighted by Gasteiger charge is -1.99. The van der Waals surface area contributed by atoms with Gasteiger partial charge in [0, 0.05) is 38.8 Å². The van der Waals surface area contributed by atoms with Gasteiger partial charge in [-0.05, 0) is 36.4 Å². The Balaban J connectivity index is 1.89. The van der Waals surface area contributed by atoms with E-state index in [-0.39, 0.29) is 11.7 Å². The summed E-state index contributed by atoms with van der Waals surface area (Å²) in [5.74, 6) is -0.502. The van der Waals surface area contributed by atoms with Crippen molar-refractivity contribution >= 4 is 45.7 Å². The van der Waals surface area contributed by atoms with E-state index in [1.165, 1.54) is 12.1 Å². The first-order valence-corrected chi connectivity index (χ1v) is 7.09. The van der Waals surface area contributed by atoms with Crippen molar-refractivity contribution < 1.29 is 9.18 Å². The molecule has 0 saturated carbocycles. The molecule has 1 amide bonds. The Bertz CT molecular complexity index is 958. The number of hydrogen-bond donors (Lipinski definition) is 2. The van der Waals surface area contributed by atoms with Crippen molar-refractivity contribution in [1.82, 2.24) is 4.98 Å². The molecule has 0 saturated heterocycles. The molecule has 2 N–H and O–H groups in total. The third kappa shape index (κ3) is 2.00. The van der Waals surface area contributed by atoms with E-state index in [1.54, 1.807) is 36.5 Å². The molecule has 5 heteroatoms. The van der Waals surface area contributed by atoms with Crippen molar-refractivity contribution in [2.75, 3.05) is 5.32 Å². The maximum atomic E-state index is 13.4. The van der Waals surface area contributed by atoms with Gasteiger partial charge in [-0.25, -0.2) is 4.39 Å². The average Bonchev–Trinajstić information content (AvgIpc) is 3.01. The molecule has 1 aliphatic rings. The van der Waals surface area contributed by atoms with E-state index in [9.17, 15) is 9.18 Å². The maximum Gasteiger partial charge on any atom is 0.256 e. The molecule has 3 nitrogen and oxygen atoms in total. The van der Waals surface area contributed by atoms with Crippen LogP contribution in [0.5, 0.6) is 0 Å². The number of nitrogens with one attached hydrogen (secondary N) is 2. The summed E-state index contributed by atoms with van der Waals surface area (Å²) in [4.78, 5) is 15.2. The lowest BCUT2D eigenvalue weighted by Crippen LogP contribution is -2.03. The molecule has 0 unspecified atom stereocenters. The lowest BCUT2D eigenvalue weighted by atomic mass is 10.0. The molecule has 108 valence electrons. The fourth-order valence-electron chi connectivity index (χ4n) is 2.70. The number of fused-ring (bicyclic) bond motifs is 2. The minimum Gasteiger partial charge on any atom is -0.361 e. The Kier molecular flexibility index (Phi) is 2.81. The molecule has 4 rings (SSSR count). The summed E-state index contributed by atoms with van der Waals surface area (Å²) in [5, 5.41) is 4.09. The highest BCUT2D eigenvalue weighted by molar-refractivity contribution is 6.36. The normalized spacial score (nSPS) is 15.4. The van der Waals surface area contributed by atoms with Crippen molar-refractivity contribution in [3.8, 4) is 0 Å². The van der Waals surface area contributed by atoms with Crippen molar-refractivity contribution in [3.05, 3.63) is 64.6 Å². The molecular weight excluding hydrogens is 303 g/mol. The summed E-state index contributed by atoms with van der Waals surface area (Å²) >= 11 is 5.94. The average molecular weight is 313 g/mol. The molecule has 2 aromatic carbocycles. The monoisotopic (exact) mass is 312 g/mol. The quantitative estimate of drug-likeness (QED) is 0.640. The van der Waals surface area contributed by atoms with Crippen LogP contribution in [-0.4, -0.2) is 10.9 Å². The third-order valence-corrected chi connectivity index (χ3v) is 3.98. The van der Waals surface area contributed by atoms with Crippen LogP contribution in [0.25, 0.3) is 22.6 Å². The molecule has 22 heavy (non-hydrogen) atoms. The van der Waals surface area contributed by atoms with Crippen LogP contribution in [0.3, 0.4) is 0 Å². The molecule has 0 fully saturated rings. The lowest BCUT2D eigenvalue weighted by molar-refractivity contribution is -0.110. The van der Waals surface area contributed by atoms with Crippen LogP contribution in [0, 0.1) is 5.82 Å². The predicted molar refractivity (Wildman–Crippen MR) is 86.2 cm³/mol. The molecule has 0 aliphatic carbocycles. The van der Waals surface area contributed by atoms with Gasteiger partial charge < -0.3 is 10.3 Å². The van der Waals surface area contributed by atoms with Gasteiger partial charge in [-0.3, -0.25) is 4.79 Å². The first kappa shape index (κ1) is 13.1. The van der Waals surface area contributed by atoms with Gasteiger partial charge in [-0.1, -0.05) is 17.7 Å². The summed E-state index contributed by atoms with van der Waals surface area (Å²) in [5.41, 5.74) is 3.61. The van der Waals surface area contributed by atoms with Crippen LogP contribution < -0.4 is 5.32 Å². The topological polar surface area (TPSA) is 44.9 Å². The van der Waals surface area contributed by atoms with Crippen molar-refractivity contribution in [2.45, 2.75) is 0 Å². The number of carbonyl (C=O) groups excluding carboxylic acids is 1. The summed E-state index contributed by atoms with van der Waals surface area (Å²) in [6, 6.07) is 9.78. The molecule has 2 heterocycles. The Labute approximate surface area is 130 Å². The molecule has 0 atom stereocenters. The highest BCUT2D eigenvalue weighted by atomic mass is 35.5. The predicted octanol–water partition coefficient (Wildman–Crippen LogP) is 4.45. The minimum atomic E-state index is -0.310. The van der Waals surface area contributed by atoms with E-state index in [4.69, 9.17) is 11.6 Å². The van der Waals surface area contributed by atoms with Gasteiger partial charge in [0.15, 0.2) is 0 Å². The van der Waals surface area contributed by atoms with Crippen molar-refractivity contribution in [3.63, 3.8) is 0 Å². The third-order valence-electron chi connectivity index (χ3n) is 3.74. The number of anilines is 1. The number of benzene rings is 2. The van der Waals surface area contributed by atoms with Gasteiger partial charge in [-0.15, -0.1) is 0 Å². The number of rotatable bonds is 1. The van der Waals surface area contributed by atoms with E-state index in [0.717, 1.165) is 22.0 Å². The summed E-state index contributed by atoms with van der Waals surface area (Å²) < 4.78 is 13.4. The number of aromatic nitrogens is 1.